The number of nitrogens with one attached hydrogen (secondary N) is 2. The van der Waals surface area contributed by atoms with Crippen molar-refractivity contribution in [2.45, 2.75) is 39.0 Å². The SMILES string of the molecule is CN=C(NCCCCN1CCC(C)CC1)NCCCOCCOC.I. The van der Waals surface area contributed by atoms with Gasteiger partial charge in [0.05, 0.1) is 13.2 Å². The van der Waals surface area contributed by atoms with Gasteiger partial charge in [-0.25, -0.2) is 0 Å². The zero-order valence-electron chi connectivity index (χ0n) is 16.4. The first kappa shape index (κ1) is 24.9. The van der Waals surface area contributed by atoms with E-state index in [4.69, 9.17) is 9.47 Å². The molecule has 0 atom stereocenters. The molecule has 0 aliphatic carbocycles. The van der Waals surface area contributed by atoms with E-state index in [0.717, 1.165) is 38.0 Å². The van der Waals surface area contributed by atoms with Gasteiger partial charge in [-0.15, -0.1) is 24.0 Å². The summed E-state index contributed by atoms with van der Waals surface area (Å²) in [6.45, 7) is 10.1. The Bertz CT molecular complexity index is 324. The van der Waals surface area contributed by atoms with E-state index in [9.17, 15) is 0 Å². The fraction of sp³-hybridized carbons (Fsp3) is 0.944. The van der Waals surface area contributed by atoms with Crippen LogP contribution in [-0.4, -0.2) is 77.6 Å². The first-order valence-electron chi connectivity index (χ1n) is 9.49. The van der Waals surface area contributed by atoms with Crippen molar-refractivity contribution in [2.24, 2.45) is 10.9 Å². The average Bonchev–Trinajstić information content (AvgIpc) is 2.60. The van der Waals surface area contributed by atoms with Crippen LogP contribution in [0.1, 0.15) is 39.0 Å². The summed E-state index contributed by atoms with van der Waals surface area (Å²) < 4.78 is 10.4. The van der Waals surface area contributed by atoms with Gasteiger partial charge in [-0.3, -0.25) is 4.99 Å². The number of unbranched alkanes of at least 4 members (excludes halogenated alkanes) is 1. The molecular formula is C18H39IN4O2. The quantitative estimate of drug-likeness (QED) is 0.199. The largest absolute Gasteiger partial charge is 0.382 e. The van der Waals surface area contributed by atoms with E-state index in [0.29, 0.717) is 13.2 Å². The standard InChI is InChI=1S/C18H38N4O2.HI/c1-17-7-12-22(13-8-17)11-5-4-9-20-18(19-2)21-10-6-14-24-16-15-23-3;/h17H,4-16H2,1-3H3,(H2,19,20,21);1H. The molecule has 0 spiro atoms. The molecule has 0 radical (unpaired) electrons. The van der Waals surface area contributed by atoms with E-state index in [2.05, 4.69) is 27.4 Å². The van der Waals surface area contributed by atoms with Crippen LogP contribution in [0.4, 0.5) is 0 Å². The highest BCUT2D eigenvalue weighted by atomic mass is 127. The molecule has 6 nitrogen and oxygen atoms in total. The number of rotatable bonds is 12. The molecule has 0 unspecified atom stereocenters. The highest BCUT2D eigenvalue weighted by Gasteiger charge is 2.14. The number of hydrogen-bond donors (Lipinski definition) is 2. The maximum absolute atomic E-state index is 5.44. The summed E-state index contributed by atoms with van der Waals surface area (Å²) in [7, 11) is 3.51. The van der Waals surface area contributed by atoms with Crippen LogP contribution in [0.15, 0.2) is 4.99 Å². The molecule has 2 N–H and O–H groups in total. The number of ether oxygens (including phenoxy) is 2. The zero-order valence-corrected chi connectivity index (χ0v) is 18.7. The van der Waals surface area contributed by atoms with Crippen LogP contribution in [0.3, 0.4) is 0 Å². The molecule has 1 heterocycles. The zero-order chi connectivity index (χ0) is 17.5. The van der Waals surface area contributed by atoms with Gasteiger partial charge in [0.1, 0.15) is 0 Å². The van der Waals surface area contributed by atoms with Crippen molar-refractivity contribution in [1.82, 2.24) is 15.5 Å². The van der Waals surface area contributed by atoms with Crippen molar-refractivity contribution in [3.8, 4) is 0 Å². The van der Waals surface area contributed by atoms with Crippen LogP contribution in [-0.2, 0) is 9.47 Å². The van der Waals surface area contributed by atoms with E-state index in [-0.39, 0.29) is 24.0 Å². The van der Waals surface area contributed by atoms with Crippen molar-refractivity contribution in [3.63, 3.8) is 0 Å². The Labute approximate surface area is 171 Å². The summed E-state index contributed by atoms with van der Waals surface area (Å²) in [5.41, 5.74) is 0. The smallest absolute Gasteiger partial charge is 0.190 e. The summed E-state index contributed by atoms with van der Waals surface area (Å²) in [5.74, 6) is 1.81. The molecule has 150 valence electrons. The minimum Gasteiger partial charge on any atom is -0.382 e. The van der Waals surface area contributed by atoms with Gasteiger partial charge in [0.15, 0.2) is 5.96 Å². The maximum atomic E-state index is 5.44. The molecule has 1 fully saturated rings. The Morgan fingerprint density at radius 3 is 2.36 bits per heavy atom. The van der Waals surface area contributed by atoms with Crippen LogP contribution in [0.25, 0.3) is 0 Å². The lowest BCUT2D eigenvalue weighted by Gasteiger charge is -2.30. The number of guanidine groups is 1. The van der Waals surface area contributed by atoms with Crippen molar-refractivity contribution in [2.75, 3.05) is 66.7 Å². The minimum atomic E-state index is 0. The van der Waals surface area contributed by atoms with Gasteiger partial charge in [0.25, 0.3) is 0 Å². The van der Waals surface area contributed by atoms with Gasteiger partial charge in [-0.1, -0.05) is 6.92 Å². The number of aliphatic imine (C=N–C) groups is 1. The van der Waals surface area contributed by atoms with Gasteiger partial charge >= 0.3 is 0 Å². The number of methoxy groups -OCH3 is 1. The second-order valence-corrected chi connectivity index (χ2v) is 6.62. The van der Waals surface area contributed by atoms with E-state index in [1.54, 1.807) is 7.11 Å². The molecule has 1 saturated heterocycles. The number of likely N-dealkylation sites (tertiary alicyclic amines) is 1. The molecule has 0 aromatic carbocycles. The fourth-order valence-electron chi connectivity index (χ4n) is 2.80. The van der Waals surface area contributed by atoms with Crippen LogP contribution < -0.4 is 10.6 Å². The van der Waals surface area contributed by atoms with Crippen LogP contribution in [0.2, 0.25) is 0 Å². The summed E-state index contributed by atoms with van der Waals surface area (Å²) in [6, 6.07) is 0. The van der Waals surface area contributed by atoms with E-state index in [1.807, 2.05) is 7.05 Å². The van der Waals surface area contributed by atoms with Gasteiger partial charge in [-0.05, 0) is 57.7 Å². The van der Waals surface area contributed by atoms with Gasteiger partial charge < -0.3 is 25.0 Å². The molecule has 1 aliphatic rings. The predicted octanol–water partition coefficient (Wildman–Crippen LogP) is 2.33. The highest BCUT2D eigenvalue weighted by molar-refractivity contribution is 14.0. The lowest BCUT2D eigenvalue weighted by atomic mass is 9.99. The van der Waals surface area contributed by atoms with Gasteiger partial charge in [0.2, 0.25) is 0 Å². The molecule has 1 rings (SSSR count). The number of halogens is 1. The molecule has 7 heteroatoms. The minimum absolute atomic E-state index is 0. The van der Waals surface area contributed by atoms with E-state index >= 15 is 0 Å². The molecule has 25 heavy (non-hydrogen) atoms. The Morgan fingerprint density at radius 2 is 1.72 bits per heavy atom. The number of piperidine rings is 1. The Hall–Kier alpha value is -0.120. The highest BCUT2D eigenvalue weighted by Crippen LogP contribution is 2.15. The lowest BCUT2D eigenvalue weighted by molar-refractivity contribution is 0.0698. The first-order chi connectivity index (χ1) is 11.8. The summed E-state index contributed by atoms with van der Waals surface area (Å²) in [6.07, 6.45) is 6.14. The third kappa shape index (κ3) is 13.7. The van der Waals surface area contributed by atoms with Crippen LogP contribution in [0.5, 0.6) is 0 Å². The van der Waals surface area contributed by atoms with Crippen LogP contribution in [0, 0.1) is 5.92 Å². The maximum Gasteiger partial charge on any atom is 0.190 e. The van der Waals surface area contributed by atoms with E-state index < -0.39 is 0 Å². The average molecular weight is 470 g/mol. The Morgan fingerprint density at radius 1 is 1.04 bits per heavy atom. The molecule has 0 saturated carbocycles. The molecule has 0 aromatic rings. The molecule has 1 aliphatic heterocycles. The third-order valence-corrected chi connectivity index (χ3v) is 4.48. The third-order valence-electron chi connectivity index (χ3n) is 4.48. The summed E-state index contributed by atoms with van der Waals surface area (Å²) >= 11 is 0. The van der Waals surface area contributed by atoms with Crippen molar-refractivity contribution < 1.29 is 9.47 Å². The normalized spacial score (nSPS) is 16.5. The lowest BCUT2D eigenvalue weighted by Crippen LogP contribution is -2.39. The van der Waals surface area contributed by atoms with Gasteiger partial charge in [0, 0.05) is 33.9 Å². The van der Waals surface area contributed by atoms with Crippen molar-refractivity contribution >= 4 is 29.9 Å². The summed E-state index contributed by atoms with van der Waals surface area (Å²) in [4.78, 5) is 6.86. The van der Waals surface area contributed by atoms with Crippen molar-refractivity contribution in [1.29, 1.82) is 0 Å². The molecular weight excluding hydrogens is 431 g/mol. The first-order valence-corrected chi connectivity index (χ1v) is 9.49. The molecule has 0 amide bonds. The van der Waals surface area contributed by atoms with Crippen molar-refractivity contribution in [3.05, 3.63) is 0 Å². The monoisotopic (exact) mass is 470 g/mol. The topological polar surface area (TPSA) is 58.1 Å². The number of hydrogen-bond acceptors (Lipinski definition) is 4. The molecule has 0 aromatic heterocycles. The summed E-state index contributed by atoms with van der Waals surface area (Å²) in [5, 5.41) is 6.71. The van der Waals surface area contributed by atoms with Gasteiger partial charge in [-0.2, -0.15) is 0 Å². The Balaban J connectivity index is 0.00000576. The Kier molecular flexibility index (Phi) is 17.2. The second kappa shape index (κ2) is 17.3. The second-order valence-electron chi connectivity index (χ2n) is 6.62. The van der Waals surface area contributed by atoms with E-state index in [1.165, 1.54) is 45.3 Å². The van der Waals surface area contributed by atoms with Crippen LogP contribution >= 0.6 is 24.0 Å². The fourth-order valence-corrected chi connectivity index (χ4v) is 2.80. The predicted molar refractivity (Wildman–Crippen MR) is 116 cm³/mol. The number of nitrogens with zero attached hydrogens (tertiary/aromatic N) is 2. The molecule has 0 bridgehead atoms.